The molecule has 1 fully saturated rings. The van der Waals surface area contributed by atoms with Gasteiger partial charge in [0.05, 0.1) is 25.6 Å². The van der Waals surface area contributed by atoms with Crippen LogP contribution in [0.25, 0.3) is 0 Å². The molecule has 3 aromatic carbocycles. The van der Waals surface area contributed by atoms with Crippen molar-refractivity contribution in [1.82, 2.24) is 0 Å². The van der Waals surface area contributed by atoms with Crippen molar-refractivity contribution in [2.45, 2.75) is 50.4 Å². The van der Waals surface area contributed by atoms with Crippen molar-refractivity contribution >= 4 is 40.6 Å². The number of oxime groups is 1. The van der Waals surface area contributed by atoms with Crippen molar-refractivity contribution < 1.29 is 46.9 Å². The Kier molecular flexibility index (Phi) is 9.76. The monoisotopic (exact) mass is 675 g/mol. The number of nitrogens with one attached hydrogen (secondary N) is 1. The average molecular weight is 676 g/mol. The highest BCUT2D eigenvalue weighted by atomic mass is 35.5. The second-order valence-electron chi connectivity index (χ2n) is 11.4. The van der Waals surface area contributed by atoms with Crippen LogP contribution in [0.15, 0.2) is 59.8 Å². The highest BCUT2D eigenvalue weighted by molar-refractivity contribution is 6.30. The van der Waals surface area contributed by atoms with Gasteiger partial charge in [-0.3, -0.25) is 9.59 Å². The van der Waals surface area contributed by atoms with Crippen LogP contribution in [0.5, 0.6) is 17.2 Å². The molecule has 14 heteroatoms. The highest BCUT2D eigenvalue weighted by Crippen LogP contribution is 2.57. The topological polar surface area (TPSA) is 119 Å². The zero-order valence-electron chi connectivity index (χ0n) is 25.8. The number of hydrogen-bond donors (Lipinski definition) is 2. The Morgan fingerprint density at radius 1 is 1.06 bits per heavy atom. The summed E-state index contributed by atoms with van der Waals surface area (Å²) < 4.78 is 54.7. The molecular formula is C33H33ClF3N3O7. The number of carbonyl (C=O) groups is 2. The normalized spacial score (nSPS) is 15.6. The molecule has 47 heavy (non-hydrogen) atoms. The van der Waals surface area contributed by atoms with Gasteiger partial charge in [0.15, 0.2) is 0 Å². The molecule has 0 radical (unpaired) electrons. The molecule has 1 amide bonds. The summed E-state index contributed by atoms with van der Waals surface area (Å²) in [6.07, 6.45) is -3.07. The maximum absolute atomic E-state index is 14.6. The molecule has 1 aliphatic heterocycles. The first-order valence-electron chi connectivity index (χ1n) is 14.7. The van der Waals surface area contributed by atoms with E-state index in [2.05, 4.69) is 15.2 Å². The Hall–Kier alpha value is -4.65. The highest BCUT2D eigenvalue weighted by Gasteiger charge is 2.54. The van der Waals surface area contributed by atoms with Crippen molar-refractivity contribution in [2.75, 3.05) is 37.6 Å². The lowest BCUT2D eigenvalue weighted by atomic mass is 9.99. The van der Waals surface area contributed by atoms with Crippen LogP contribution < -0.4 is 24.4 Å². The third kappa shape index (κ3) is 7.84. The maximum atomic E-state index is 14.6. The Bertz CT molecular complexity index is 1690. The summed E-state index contributed by atoms with van der Waals surface area (Å²) in [7, 11) is 2.93. The summed E-state index contributed by atoms with van der Waals surface area (Å²) in [6.45, 7) is 2.11. The van der Waals surface area contributed by atoms with E-state index in [1.807, 2.05) is 0 Å². The predicted molar refractivity (Wildman–Crippen MR) is 169 cm³/mol. The van der Waals surface area contributed by atoms with Crippen molar-refractivity contribution in [3.05, 3.63) is 76.3 Å². The van der Waals surface area contributed by atoms with Gasteiger partial charge in [0.2, 0.25) is 0 Å². The number of carboxylic acid groups (broad SMARTS) is 1. The molecule has 1 unspecified atom stereocenters. The summed E-state index contributed by atoms with van der Waals surface area (Å²) in [4.78, 5) is 32.2. The van der Waals surface area contributed by atoms with Gasteiger partial charge in [-0.1, -0.05) is 28.9 Å². The van der Waals surface area contributed by atoms with Gasteiger partial charge in [0.25, 0.3) is 5.91 Å². The Balaban J connectivity index is 1.51. The molecule has 0 aromatic heterocycles. The van der Waals surface area contributed by atoms with E-state index >= 15 is 0 Å². The minimum Gasteiger partial charge on any atom is -0.497 e. The van der Waals surface area contributed by atoms with E-state index < -0.39 is 30.0 Å². The lowest BCUT2D eigenvalue weighted by Crippen LogP contribution is -2.38. The first kappa shape index (κ1) is 33.7. The molecular weight excluding hydrogens is 643 g/mol. The number of carboxylic acids is 1. The Morgan fingerprint density at radius 3 is 2.49 bits per heavy atom. The molecule has 1 spiro atoms. The van der Waals surface area contributed by atoms with E-state index in [-0.39, 0.29) is 24.9 Å². The first-order chi connectivity index (χ1) is 22.3. The third-order valence-corrected chi connectivity index (χ3v) is 8.33. The van der Waals surface area contributed by atoms with E-state index in [4.69, 9.17) is 31.0 Å². The van der Waals surface area contributed by atoms with Crippen LogP contribution >= 0.6 is 11.6 Å². The molecule has 1 heterocycles. The number of aliphatic carboxylic acids is 1. The van der Waals surface area contributed by atoms with Crippen molar-refractivity contribution in [1.29, 1.82) is 0 Å². The van der Waals surface area contributed by atoms with Gasteiger partial charge in [-0.15, -0.1) is 13.2 Å². The minimum atomic E-state index is -4.89. The fraction of sp³-hybridized carbons (Fsp3) is 0.364. The van der Waals surface area contributed by atoms with E-state index in [1.54, 1.807) is 49.4 Å². The largest absolute Gasteiger partial charge is 0.573 e. The number of rotatable bonds is 13. The second kappa shape index (κ2) is 13.6. The van der Waals surface area contributed by atoms with Crippen LogP contribution in [0.3, 0.4) is 0 Å². The number of amides is 1. The lowest BCUT2D eigenvalue weighted by molar-refractivity contribution is -0.274. The van der Waals surface area contributed by atoms with Gasteiger partial charge in [-0.25, -0.2) is 0 Å². The van der Waals surface area contributed by atoms with Crippen LogP contribution in [0, 0.1) is 0 Å². The molecule has 3 aromatic rings. The molecule has 1 saturated carbocycles. The number of hydrogen-bond acceptors (Lipinski definition) is 8. The fourth-order valence-electron chi connectivity index (χ4n) is 5.64. The quantitative estimate of drug-likeness (QED) is 0.112. The number of carbonyl (C=O) groups excluding carboxylic acids is 1. The minimum absolute atomic E-state index is 0.0509. The number of benzene rings is 3. The van der Waals surface area contributed by atoms with Crippen LogP contribution in [-0.4, -0.2) is 56.4 Å². The molecule has 2 N–H and O–H groups in total. The van der Waals surface area contributed by atoms with Gasteiger partial charge in [0.1, 0.15) is 29.9 Å². The van der Waals surface area contributed by atoms with Crippen molar-refractivity contribution in [3.8, 4) is 17.2 Å². The van der Waals surface area contributed by atoms with Gasteiger partial charge < -0.3 is 34.4 Å². The maximum Gasteiger partial charge on any atom is 0.573 e. The number of methoxy groups -OCH3 is 2. The number of fused-ring (bicyclic) bond motifs is 2. The summed E-state index contributed by atoms with van der Waals surface area (Å²) in [5.74, 6) is -1.01. The summed E-state index contributed by atoms with van der Waals surface area (Å²) in [6, 6.07) is 13.0. The zero-order chi connectivity index (χ0) is 33.9. The van der Waals surface area contributed by atoms with Crippen molar-refractivity contribution in [2.24, 2.45) is 5.16 Å². The van der Waals surface area contributed by atoms with E-state index in [1.165, 1.54) is 31.3 Å². The van der Waals surface area contributed by atoms with Crippen LogP contribution in [0.4, 0.5) is 24.5 Å². The standard InChI is InChI=1S/C33H33ClF3N3O7/c1-19(39-46-12-4-5-29(41)42)20-13-22(16-24(14-20)44-2)38-30(25-8-6-21(34)15-28(25)45-3)31(43)40-18-32(10-11-32)26-9-7-23(17-27(26)40)47-33(35,36)37/h6-9,13-17,30,38H,4-5,10-12,18H2,1-3H3,(H,41,42). The molecule has 0 saturated heterocycles. The van der Waals surface area contributed by atoms with Crippen molar-refractivity contribution in [3.63, 3.8) is 0 Å². The smallest absolute Gasteiger partial charge is 0.497 e. The zero-order valence-corrected chi connectivity index (χ0v) is 26.6. The molecule has 0 bridgehead atoms. The first-order valence-corrected chi connectivity index (χ1v) is 15.1. The van der Waals surface area contributed by atoms with Gasteiger partial charge >= 0.3 is 12.3 Å². The molecule has 10 nitrogen and oxygen atoms in total. The molecule has 2 aliphatic rings. The Labute approximate surface area is 274 Å². The number of halogens is 4. The van der Waals surface area contributed by atoms with E-state index in [0.29, 0.717) is 51.3 Å². The molecule has 1 atom stereocenters. The second-order valence-corrected chi connectivity index (χ2v) is 11.8. The summed E-state index contributed by atoms with van der Waals surface area (Å²) in [5.41, 5.74) is 2.78. The molecule has 1 aliphatic carbocycles. The molecule has 5 rings (SSSR count). The summed E-state index contributed by atoms with van der Waals surface area (Å²) in [5, 5.41) is 16.6. The number of anilines is 2. The van der Waals surface area contributed by atoms with Gasteiger partial charge in [0, 0.05) is 52.4 Å². The number of alkyl halides is 3. The van der Waals surface area contributed by atoms with Crippen LogP contribution in [0.1, 0.15) is 55.3 Å². The SMILES string of the molecule is COc1cc(NC(C(=O)N2CC3(CC3)c3ccc(OC(F)(F)F)cc32)c2ccc(Cl)cc2OC)cc(C(C)=NOCCCC(=O)O)c1. The van der Waals surface area contributed by atoms with Gasteiger partial charge in [-0.05, 0) is 62.1 Å². The number of nitrogens with zero attached hydrogens (tertiary/aromatic N) is 2. The van der Waals surface area contributed by atoms with E-state index in [9.17, 15) is 22.8 Å². The fourth-order valence-corrected chi connectivity index (χ4v) is 5.80. The van der Waals surface area contributed by atoms with E-state index in [0.717, 1.165) is 18.4 Å². The molecule has 250 valence electrons. The Morgan fingerprint density at radius 2 is 1.83 bits per heavy atom. The van der Waals surface area contributed by atoms with Gasteiger partial charge in [-0.2, -0.15) is 0 Å². The average Bonchev–Trinajstić information content (AvgIpc) is 3.74. The van der Waals surface area contributed by atoms with Crippen LogP contribution in [0.2, 0.25) is 5.02 Å². The lowest BCUT2D eigenvalue weighted by Gasteiger charge is -2.28. The summed E-state index contributed by atoms with van der Waals surface area (Å²) >= 11 is 6.25. The predicted octanol–water partition coefficient (Wildman–Crippen LogP) is 7.09. The number of ether oxygens (including phenoxy) is 3. The van der Waals surface area contributed by atoms with Crippen LogP contribution in [-0.2, 0) is 19.8 Å². The third-order valence-electron chi connectivity index (χ3n) is 8.10.